The van der Waals surface area contributed by atoms with Gasteiger partial charge in [0.15, 0.2) is 5.84 Å². The zero-order valence-corrected chi connectivity index (χ0v) is 18.4. The summed E-state index contributed by atoms with van der Waals surface area (Å²) in [5, 5.41) is 16.4. The highest BCUT2D eigenvalue weighted by molar-refractivity contribution is 14.1. The molecule has 11 heteroatoms. The van der Waals surface area contributed by atoms with Crippen molar-refractivity contribution >= 4 is 51.7 Å². The van der Waals surface area contributed by atoms with Crippen LogP contribution < -0.4 is 16.4 Å². The van der Waals surface area contributed by atoms with Gasteiger partial charge >= 0.3 is 0 Å². The van der Waals surface area contributed by atoms with Crippen molar-refractivity contribution < 1.29 is 23.6 Å². The van der Waals surface area contributed by atoms with Crippen molar-refractivity contribution in [2.75, 3.05) is 10.6 Å². The van der Waals surface area contributed by atoms with Crippen LogP contribution in [0, 0.1) is 11.6 Å². The van der Waals surface area contributed by atoms with Crippen LogP contribution in [-0.4, -0.2) is 27.8 Å². The highest BCUT2D eigenvalue weighted by atomic mass is 127. The lowest BCUT2D eigenvalue weighted by Crippen LogP contribution is -2.20. The van der Waals surface area contributed by atoms with Crippen LogP contribution in [0.3, 0.4) is 0 Å². The molecule has 3 rings (SSSR count). The lowest BCUT2D eigenvalue weighted by atomic mass is 10.1. The smallest absolute Gasteiger partial charge is 0.259 e. The summed E-state index contributed by atoms with van der Waals surface area (Å²) in [5.74, 6) is -3.30. The number of nitrogens with two attached hydrogens (primary N) is 1. The Balaban J connectivity index is 1.84. The minimum atomic E-state index is -0.931. The summed E-state index contributed by atoms with van der Waals surface area (Å²) in [6.45, 7) is 0. The first-order chi connectivity index (χ1) is 15.3. The number of carbonyl (C=O) groups excluding carboxylic acids is 2. The van der Waals surface area contributed by atoms with Gasteiger partial charge < -0.3 is 21.6 Å². The number of carbonyl (C=O) groups is 2. The Morgan fingerprint density at radius 1 is 1.03 bits per heavy atom. The number of hydrogen-bond acceptors (Lipinski definition) is 5. The van der Waals surface area contributed by atoms with Gasteiger partial charge in [0.05, 0.1) is 16.8 Å². The van der Waals surface area contributed by atoms with Gasteiger partial charge in [-0.2, -0.15) is 0 Å². The number of oxime groups is 1. The Labute approximate surface area is 194 Å². The van der Waals surface area contributed by atoms with E-state index in [0.717, 1.165) is 34.3 Å². The molecule has 0 fully saturated rings. The summed E-state index contributed by atoms with van der Waals surface area (Å²) < 4.78 is 28.9. The quantitative estimate of drug-likeness (QED) is 0.0923. The number of pyridine rings is 1. The first-order valence-electron chi connectivity index (χ1n) is 9.03. The second-order valence-corrected chi connectivity index (χ2v) is 7.23. The second-order valence-electron chi connectivity index (χ2n) is 6.46. The Morgan fingerprint density at radius 2 is 1.78 bits per heavy atom. The number of aromatic nitrogens is 1. The monoisotopic (exact) mass is 551 g/mol. The molecule has 0 spiro atoms. The van der Waals surface area contributed by atoms with Crippen LogP contribution in [0.1, 0.15) is 31.8 Å². The van der Waals surface area contributed by atoms with E-state index in [1.165, 1.54) is 12.1 Å². The fraction of sp³-hybridized carbons (Fsp3) is 0.0476. The zero-order valence-electron chi connectivity index (χ0n) is 16.3. The minimum absolute atomic E-state index is 0.0299. The number of benzene rings is 2. The van der Waals surface area contributed by atoms with Crippen LogP contribution in [0.25, 0.3) is 0 Å². The standard InChI is InChI=1S/C21H16F2IN5O3/c22-13-3-5-17(15(8-13)21(31)28-18-6-1-11(9-24)10-26-18)27-20(30)14-4-2-12(7-16(14)23)19(25)29-32/h1-8,10,32H,9H2,(H2,25,29)(H,27,30)(H,26,28,31). The van der Waals surface area contributed by atoms with E-state index in [0.29, 0.717) is 0 Å². The van der Waals surface area contributed by atoms with Crippen LogP contribution in [0.15, 0.2) is 59.9 Å². The van der Waals surface area contributed by atoms with E-state index in [1.807, 2.05) is 0 Å². The molecular formula is C21H16F2IN5O3. The number of hydrogen-bond donors (Lipinski definition) is 4. The second kappa shape index (κ2) is 10.1. The van der Waals surface area contributed by atoms with E-state index in [4.69, 9.17) is 10.9 Å². The topological polar surface area (TPSA) is 130 Å². The van der Waals surface area contributed by atoms with Gasteiger partial charge in [-0.05, 0) is 42.0 Å². The number of alkyl halides is 1. The molecule has 0 aliphatic carbocycles. The number of rotatable bonds is 6. The molecule has 0 saturated carbocycles. The molecule has 0 aliphatic heterocycles. The summed E-state index contributed by atoms with van der Waals surface area (Å²) in [7, 11) is 0. The van der Waals surface area contributed by atoms with Crippen LogP contribution >= 0.6 is 22.6 Å². The summed E-state index contributed by atoms with van der Waals surface area (Å²) >= 11 is 2.17. The first kappa shape index (κ1) is 23.1. The molecule has 0 radical (unpaired) electrons. The van der Waals surface area contributed by atoms with Crippen molar-refractivity contribution in [1.82, 2.24) is 4.98 Å². The fourth-order valence-electron chi connectivity index (χ4n) is 2.68. The van der Waals surface area contributed by atoms with Crippen molar-refractivity contribution in [1.29, 1.82) is 0 Å². The Kier molecular flexibility index (Phi) is 7.30. The van der Waals surface area contributed by atoms with Gasteiger partial charge in [-0.1, -0.05) is 39.9 Å². The third-order valence-electron chi connectivity index (χ3n) is 4.31. The molecule has 3 aromatic rings. The Morgan fingerprint density at radius 3 is 2.41 bits per heavy atom. The minimum Gasteiger partial charge on any atom is -0.409 e. The van der Waals surface area contributed by atoms with Crippen molar-refractivity contribution in [3.8, 4) is 0 Å². The van der Waals surface area contributed by atoms with Crippen molar-refractivity contribution in [2.24, 2.45) is 10.9 Å². The molecular weight excluding hydrogens is 535 g/mol. The highest BCUT2D eigenvalue weighted by Crippen LogP contribution is 2.21. The molecule has 8 nitrogen and oxygen atoms in total. The first-order valence-corrected chi connectivity index (χ1v) is 10.6. The molecule has 2 amide bonds. The van der Waals surface area contributed by atoms with E-state index in [2.05, 4.69) is 43.4 Å². The number of anilines is 2. The molecule has 0 saturated heterocycles. The van der Waals surface area contributed by atoms with E-state index < -0.39 is 23.4 Å². The van der Waals surface area contributed by atoms with Crippen LogP contribution in [0.5, 0.6) is 0 Å². The third kappa shape index (κ3) is 5.35. The molecule has 5 N–H and O–H groups in total. The van der Waals surface area contributed by atoms with Crippen LogP contribution in [-0.2, 0) is 4.43 Å². The number of nitrogens with one attached hydrogen (secondary N) is 2. The molecule has 0 atom stereocenters. The van der Waals surface area contributed by atoms with Crippen LogP contribution in [0.4, 0.5) is 20.3 Å². The summed E-state index contributed by atoms with van der Waals surface area (Å²) in [6.07, 6.45) is 1.59. The summed E-state index contributed by atoms with van der Waals surface area (Å²) in [4.78, 5) is 29.4. The maximum absolute atomic E-state index is 14.4. The van der Waals surface area contributed by atoms with E-state index >= 15 is 0 Å². The van der Waals surface area contributed by atoms with Gasteiger partial charge in [-0.3, -0.25) is 9.59 Å². The number of halogens is 3. The normalized spacial score (nSPS) is 11.2. The van der Waals surface area contributed by atoms with Crippen LogP contribution in [0.2, 0.25) is 0 Å². The van der Waals surface area contributed by atoms with E-state index in [1.54, 1.807) is 18.3 Å². The van der Waals surface area contributed by atoms with E-state index in [-0.39, 0.29) is 34.0 Å². The van der Waals surface area contributed by atoms with Crippen molar-refractivity contribution in [2.45, 2.75) is 4.43 Å². The molecule has 2 aromatic carbocycles. The molecule has 0 bridgehead atoms. The predicted octanol–water partition coefficient (Wildman–Crippen LogP) is 3.89. The van der Waals surface area contributed by atoms with Gasteiger partial charge in [0, 0.05) is 16.2 Å². The largest absolute Gasteiger partial charge is 0.409 e. The third-order valence-corrected chi connectivity index (χ3v) is 5.19. The number of amidine groups is 1. The van der Waals surface area contributed by atoms with Gasteiger partial charge in [0.1, 0.15) is 17.5 Å². The SMILES string of the molecule is N/C(=N/O)c1ccc(C(=O)Nc2ccc(F)cc2C(=O)Nc2ccc(CI)cn2)c(F)c1. The molecule has 0 unspecified atom stereocenters. The Hall–Kier alpha value is -3.61. The van der Waals surface area contributed by atoms with Crippen molar-refractivity contribution in [3.63, 3.8) is 0 Å². The average Bonchev–Trinajstić information content (AvgIpc) is 2.79. The van der Waals surface area contributed by atoms with Gasteiger partial charge in [0.2, 0.25) is 0 Å². The Bertz CT molecular complexity index is 1200. The van der Waals surface area contributed by atoms with Gasteiger partial charge in [0.25, 0.3) is 11.8 Å². The lowest BCUT2D eigenvalue weighted by Gasteiger charge is -2.12. The maximum Gasteiger partial charge on any atom is 0.259 e. The molecule has 32 heavy (non-hydrogen) atoms. The lowest BCUT2D eigenvalue weighted by molar-refractivity contribution is 0.102. The predicted molar refractivity (Wildman–Crippen MR) is 123 cm³/mol. The average molecular weight is 551 g/mol. The van der Waals surface area contributed by atoms with E-state index in [9.17, 15) is 18.4 Å². The molecule has 1 heterocycles. The fourth-order valence-corrected chi connectivity index (χ4v) is 3.13. The zero-order chi connectivity index (χ0) is 23.3. The summed E-state index contributed by atoms with van der Waals surface area (Å²) in [6, 6.07) is 9.92. The number of amides is 2. The number of nitrogens with zero attached hydrogens (tertiary/aromatic N) is 2. The maximum atomic E-state index is 14.4. The van der Waals surface area contributed by atoms with Crippen molar-refractivity contribution in [3.05, 3.63) is 88.6 Å². The molecule has 164 valence electrons. The molecule has 0 aliphatic rings. The van der Waals surface area contributed by atoms with Gasteiger partial charge in [-0.25, -0.2) is 13.8 Å². The van der Waals surface area contributed by atoms with Gasteiger partial charge in [-0.15, -0.1) is 0 Å². The summed E-state index contributed by atoms with van der Waals surface area (Å²) in [5.41, 5.74) is 5.88. The highest BCUT2D eigenvalue weighted by Gasteiger charge is 2.19. The molecule has 1 aromatic heterocycles.